The molecule has 0 atom stereocenters. The van der Waals surface area contributed by atoms with Gasteiger partial charge in [-0.1, -0.05) is 25.3 Å². The van der Waals surface area contributed by atoms with Gasteiger partial charge in [-0.15, -0.1) is 0 Å². The molecule has 3 heteroatoms. The predicted molar refractivity (Wildman–Crippen MR) is 61.7 cm³/mol. The Kier molecular flexibility index (Phi) is 3.42. The lowest BCUT2D eigenvalue weighted by molar-refractivity contribution is -0.124. The molecule has 0 aromatic rings. The Bertz CT molecular complexity index is 334. The van der Waals surface area contributed by atoms with Crippen molar-refractivity contribution >= 4 is 11.8 Å². The molecule has 0 aromatic carbocycles. The molecule has 1 saturated carbocycles. The molecule has 2 amide bonds. The zero-order chi connectivity index (χ0) is 11.5. The second kappa shape index (κ2) is 4.81. The van der Waals surface area contributed by atoms with E-state index in [9.17, 15) is 9.59 Å². The standard InChI is InChI=1S/C13H19NO2/c1-2-3-9-4-6-10(7-5-9)11-8-12(15)14-13(11)16/h9H,2-8H2,1H3,(H,14,15,16). The van der Waals surface area contributed by atoms with Gasteiger partial charge in [0.05, 0.1) is 6.42 Å². The van der Waals surface area contributed by atoms with Crippen molar-refractivity contribution in [3.05, 3.63) is 11.1 Å². The predicted octanol–water partition coefficient (Wildman–Crippen LogP) is 2.32. The smallest absolute Gasteiger partial charge is 0.254 e. The fourth-order valence-corrected chi connectivity index (χ4v) is 2.80. The van der Waals surface area contributed by atoms with Crippen LogP contribution in [0.5, 0.6) is 0 Å². The van der Waals surface area contributed by atoms with Gasteiger partial charge in [0.2, 0.25) is 5.91 Å². The Labute approximate surface area is 96.3 Å². The first-order valence-electron chi connectivity index (χ1n) is 6.25. The molecule has 3 nitrogen and oxygen atoms in total. The number of hydrogen-bond donors (Lipinski definition) is 1. The van der Waals surface area contributed by atoms with E-state index in [2.05, 4.69) is 12.2 Å². The summed E-state index contributed by atoms with van der Waals surface area (Å²) in [6, 6.07) is 0. The van der Waals surface area contributed by atoms with Crippen molar-refractivity contribution in [3.8, 4) is 0 Å². The first-order chi connectivity index (χ1) is 7.70. The highest BCUT2D eigenvalue weighted by Gasteiger charge is 2.28. The van der Waals surface area contributed by atoms with Crippen LogP contribution in [0.3, 0.4) is 0 Å². The zero-order valence-electron chi connectivity index (χ0n) is 9.84. The summed E-state index contributed by atoms with van der Waals surface area (Å²) in [6.07, 6.45) is 7.26. The summed E-state index contributed by atoms with van der Waals surface area (Å²) in [5.74, 6) is 0.548. The van der Waals surface area contributed by atoms with Crippen LogP contribution in [0.4, 0.5) is 0 Å². The lowest BCUT2D eigenvalue weighted by Crippen LogP contribution is -2.20. The molecule has 0 unspecified atom stereocenters. The fraction of sp³-hybridized carbons (Fsp3) is 0.692. The monoisotopic (exact) mass is 221 g/mol. The number of hydrogen-bond acceptors (Lipinski definition) is 2. The highest BCUT2D eigenvalue weighted by Crippen LogP contribution is 2.34. The van der Waals surface area contributed by atoms with E-state index in [-0.39, 0.29) is 11.8 Å². The van der Waals surface area contributed by atoms with Gasteiger partial charge in [-0.25, -0.2) is 0 Å². The van der Waals surface area contributed by atoms with Gasteiger partial charge in [0.25, 0.3) is 5.91 Å². The number of imide groups is 1. The fourth-order valence-electron chi connectivity index (χ4n) is 2.80. The third-order valence-electron chi connectivity index (χ3n) is 3.70. The van der Waals surface area contributed by atoms with Crippen LogP contribution in [0.1, 0.15) is 51.9 Å². The number of amides is 2. The Morgan fingerprint density at radius 3 is 2.44 bits per heavy atom. The molecule has 2 aliphatic rings. The third-order valence-corrected chi connectivity index (χ3v) is 3.70. The van der Waals surface area contributed by atoms with Crippen LogP contribution < -0.4 is 5.32 Å². The number of allylic oxidation sites excluding steroid dienone is 1. The van der Waals surface area contributed by atoms with Gasteiger partial charge in [-0.2, -0.15) is 0 Å². The van der Waals surface area contributed by atoms with Gasteiger partial charge >= 0.3 is 0 Å². The van der Waals surface area contributed by atoms with E-state index in [4.69, 9.17) is 0 Å². The highest BCUT2D eigenvalue weighted by molar-refractivity contribution is 6.13. The van der Waals surface area contributed by atoms with E-state index in [1.165, 1.54) is 31.3 Å². The van der Waals surface area contributed by atoms with E-state index >= 15 is 0 Å². The third kappa shape index (κ3) is 2.34. The number of nitrogens with one attached hydrogen (secondary N) is 1. The minimum atomic E-state index is -0.144. The van der Waals surface area contributed by atoms with Crippen molar-refractivity contribution < 1.29 is 9.59 Å². The van der Waals surface area contributed by atoms with Crippen LogP contribution in [0, 0.1) is 5.92 Å². The van der Waals surface area contributed by atoms with Gasteiger partial charge in [-0.3, -0.25) is 14.9 Å². The Balaban J connectivity index is 2.00. The Hall–Kier alpha value is -1.12. The molecule has 1 saturated heterocycles. The molecule has 2 rings (SSSR count). The number of carbonyl (C=O) groups is 2. The Morgan fingerprint density at radius 1 is 1.25 bits per heavy atom. The quantitative estimate of drug-likeness (QED) is 0.574. The lowest BCUT2D eigenvalue weighted by Gasteiger charge is -2.24. The van der Waals surface area contributed by atoms with Crippen LogP contribution in [-0.4, -0.2) is 11.8 Å². The summed E-state index contributed by atoms with van der Waals surface area (Å²) < 4.78 is 0. The molecule has 1 aliphatic carbocycles. The van der Waals surface area contributed by atoms with E-state index in [0.29, 0.717) is 6.42 Å². The summed E-state index contributed by atoms with van der Waals surface area (Å²) in [5.41, 5.74) is 2.00. The first-order valence-corrected chi connectivity index (χ1v) is 6.25. The molecule has 0 aromatic heterocycles. The van der Waals surface area contributed by atoms with Crippen LogP contribution in [0.2, 0.25) is 0 Å². The van der Waals surface area contributed by atoms with Crippen molar-refractivity contribution in [2.45, 2.75) is 51.9 Å². The topological polar surface area (TPSA) is 46.2 Å². The maximum absolute atomic E-state index is 11.5. The average Bonchev–Trinajstić information content (AvgIpc) is 2.59. The summed E-state index contributed by atoms with van der Waals surface area (Å²) in [4.78, 5) is 22.6. The molecule has 1 heterocycles. The van der Waals surface area contributed by atoms with Crippen LogP contribution in [0.15, 0.2) is 11.1 Å². The SMILES string of the molecule is CCCC1CCC(=C2CC(=O)NC2=O)CC1. The van der Waals surface area contributed by atoms with Crippen molar-refractivity contribution in [3.63, 3.8) is 0 Å². The Morgan fingerprint density at radius 2 is 1.94 bits per heavy atom. The van der Waals surface area contributed by atoms with Gasteiger partial charge < -0.3 is 0 Å². The molecular formula is C13H19NO2. The van der Waals surface area contributed by atoms with Crippen molar-refractivity contribution in [1.82, 2.24) is 5.32 Å². The zero-order valence-corrected chi connectivity index (χ0v) is 9.84. The minimum Gasteiger partial charge on any atom is -0.292 e. The summed E-state index contributed by atoms with van der Waals surface area (Å²) in [7, 11) is 0. The molecule has 1 N–H and O–H groups in total. The number of carbonyl (C=O) groups excluding carboxylic acids is 2. The van der Waals surface area contributed by atoms with Crippen LogP contribution in [0.25, 0.3) is 0 Å². The molecule has 88 valence electrons. The van der Waals surface area contributed by atoms with Gasteiger partial charge in [-0.05, 0) is 31.6 Å². The molecule has 2 fully saturated rings. The first kappa shape index (κ1) is 11.4. The van der Waals surface area contributed by atoms with E-state index in [1.807, 2.05) is 0 Å². The highest BCUT2D eigenvalue weighted by atomic mass is 16.2. The molecule has 16 heavy (non-hydrogen) atoms. The normalized spacial score (nSPS) is 26.2. The molecule has 0 radical (unpaired) electrons. The number of rotatable bonds is 2. The van der Waals surface area contributed by atoms with Crippen LogP contribution >= 0.6 is 0 Å². The van der Waals surface area contributed by atoms with E-state index in [1.54, 1.807) is 0 Å². The van der Waals surface area contributed by atoms with Crippen LogP contribution in [-0.2, 0) is 9.59 Å². The summed E-state index contributed by atoms with van der Waals surface area (Å²) in [5, 5.41) is 2.36. The molecular weight excluding hydrogens is 202 g/mol. The van der Waals surface area contributed by atoms with E-state index < -0.39 is 0 Å². The van der Waals surface area contributed by atoms with Gasteiger partial charge in [0.1, 0.15) is 0 Å². The maximum Gasteiger partial charge on any atom is 0.254 e. The van der Waals surface area contributed by atoms with Gasteiger partial charge in [0.15, 0.2) is 0 Å². The van der Waals surface area contributed by atoms with E-state index in [0.717, 1.165) is 24.3 Å². The van der Waals surface area contributed by atoms with Crippen molar-refractivity contribution in [2.75, 3.05) is 0 Å². The minimum absolute atomic E-state index is 0.136. The molecule has 1 aliphatic heterocycles. The second-order valence-electron chi connectivity index (χ2n) is 4.87. The average molecular weight is 221 g/mol. The molecule has 0 bridgehead atoms. The largest absolute Gasteiger partial charge is 0.292 e. The van der Waals surface area contributed by atoms with Crippen molar-refractivity contribution in [2.24, 2.45) is 5.92 Å². The maximum atomic E-state index is 11.5. The lowest BCUT2D eigenvalue weighted by atomic mass is 9.81. The second-order valence-corrected chi connectivity index (χ2v) is 4.87. The summed E-state index contributed by atoms with van der Waals surface area (Å²) in [6.45, 7) is 2.22. The summed E-state index contributed by atoms with van der Waals surface area (Å²) >= 11 is 0. The van der Waals surface area contributed by atoms with Gasteiger partial charge in [0, 0.05) is 5.57 Å². The molecule has 0 spiro atoms. The van der Waals surface area contributed by atoms with Crippen molar-refractivity contribution in [1.29, 1.82) is 0 Å².